The first-order chi connectivity index (χ1) is 13.2. The number of nitrogen functional groups attached to an aromatic ring is 1. The number of nitrogens with two attached hydrogens (primary N) is 1. The average molecular weight is 380 g/mol. The van der Waals surface area contributed by atoms with Gasteiger partial charge in [0.05, 0.1) is 12.3 Å². The lowest BCUT2D eigenvalue weighted by atomic mass is 9.83. The van der Waals surface area contributed by atoms with Crippen LogP contribution in [0.2, 0.25) is 0 Å². The molecule has 3 aromatic rings. The standard InChI is InChI=1S/C19H20N6OS/c20-17-23-24-18(27-17)25-9-7-19(8-10-25)15-14(6-11-26-19)12-21-16(22-15)13-4-2-1-3-5-13/h1-5,12H,6-11H2,(H2,20,23). The van der Waals surface area contributed by atoms with Gasteiger partial charge in [-0.25, -0.2) is 9.97 Å². The van der Waals surface area contributed by atoms with Crippen molar-refractivity contribution < 1.29 is 4.74 Å². The summed E-state index contributed by atoms with van der Waals surface area (Å²) in [5, 5.41) is 9.49. The van der Waals surface area contributed by atoms with Crippen LogP contribution in [0.25, 0.3) is 11.4 Å². The van der Waals surface area contributed by atoms with Crippen molar-refractivity contribution in [1.82, 2.24) is 20.2 Å². The fourth-order valence-corrected chi connectivity index (χ4v) is 4.59. The third kappa shape index (κ3) is 2.94. The molecule has 0 radical (unpaired) electrons. The Labute approximate surface area is 161 Å². The van der Waals surface area contributed by atoms with E-state index in [-0.39, 0.29) is 5.60 Å². The third-order valence-electron chi connectivity index (χ3n) is 5.35. The van der Waals surface area contributed by atoms with Gasteiger partial charge in [0, 0.05) is 24.8 Å². The minimum Gasteiger partial charge on any atom is -0.374 e. The van der Waals surface area contributed by atoms with Crippen molar-refractivity contribution in [3.05, 3.63) is 47.8 Å². The smallest absolute Gasteiger partial charge is 0.209 e. The number of benzene rings is 1. The Morgan fingerprint density at radius 3 is 2.67 bits per heavy atom. The fourth-order valence-electron chi connectivity index (χ4n) is 3.93. The molecule has 0 amide bonds. The van der Waals surface area contributed by atoms with Gasteiger partial charge in [0.15, 0.2) is 5.82 Å². The first-order valence-electron chi connectivity index (χ1n) is 9.13. The second kappa shape index (κ2) is 6.54. The number of rotatable bonds is 2. The summed E-state index contributed by atoms with van der Waals surface area (Å²) in [6, 6.07) is 10.1. The highest BCUT2D eigenvalue weighted by molar-refractivity contribution is 7.18. The molecular weight excluding hydrogens is 360 g/mol. The van der Waals surface area contributed by atoms with Gasteiger partial charge in [-0.2, -0.15) is 0 Å². The van der Waals surface area contributed by atoms with Gasteiger partial charge in [0.2, 0.25) is 10.3 Å². The van der Waals surface area contributed by atoms with Gasteiger partial charge >= 0.3 is 0 Å². The van der Waals surface area contributed by atoms with Crippen LogP contribution in [0.1, 0.15) is 24.1 Å². The van der Waals surface area contributed by atoms with E-state index in [2.05, 4.69) is 20.1 Å². The van der Waals surface area contributed by atoms with Crippen LogP contribution >= 0.6 is 11.3 Å². The van der Waals surface area contributed by atoms with E-state index < -0.39 is 0 Å². The number of nitrogens with zero attached hydrogens (tertiary/aromatic N) is 5. The van der Waals surface area contributed by atoms with E-state index in [0.717, 1.165) is 54.6 Å². The molecule has 0 aliphatic carbocycles. The second-order valence-electron chi connectivity index (χ2n) is 6.94. The summed E-state index contributed by atoms with van der Waals surface area (Å²) in [7, 11) is 0. The lowest BCUT2D eigenvalue weighted by molar-refractivity contribution is -0.0801. The Balaban J connectivity index is 1.45. The molecule has 0 bridgehead atoms. The highest BCUT2D eigenvalue weighted by Gasteiger charge is 2.43. The maximum atomic E-state index is 6.34. The Kier molecular flexibility index (Phi) is 4.02. The van der Waals surface area contributed by atoms with Crippen molar-refractivity contribution >= 4 is 21.6 Å². The average Bonchev–Trinajstić information content (AvgIpc) is 3.16. The van der Waals surface area contributed by atoms with Gasteiger partial charge in [-0.1, -0.05) is 41.7 Å². The number of aromatic nitrogens is 4. The van der Waals surface area contributed by atoms with E-state index in [1.54, 1.807) is 0 Å². The monoisotopic (exact) mass is 380 g/mol. The van der Waals surface area contributed by atoms with Crippen LogP contribution in [-0.4, -0.2) is 39.9 Å². The van der Waals surface area contributed by atoms with Crippen LogP contribution in [0.5, 0.6) is 0 Å². The van der Waals surface area contributed by atoms with Crippen LogP contribution in [0.3, 0.4) is 0 Å². The van der Waals surface area contributed by atoms with Crippen molar-refractivity contribution in [2.24, 2.45) is 0 Å². The molecule has 2 aliphatic heterocycles. The van der Waals surface area contributed by atoms with Crippen molar-refractivity contribution in [2.75, 3.05) is 30.3 Å². The lowest BCUT2D eigenvalue weighted by Gasteiger charge is -2.43. The van der Waals surface area contributed by atoms with Gasteiger partial charge in [0.25, 0.3) is 0 Å². The van der Waals surface area contributed by atoms with Gasteiger partial charge < -0.3 is 15.4 Å². The largest absolute Gasteiger partial charge is 0.374 e. The molecule has 4 heterocycles. The molecule has 2 aliphatic rings. The number of fused-ring (bicyclic) bond motifs is 2. The van der Waals surface area contributed by atoms with E-state index in [9.17, 15) is 0 Å². The highest BCUT2D eigenvalue weighted by atomic mass is 32.1. The molecule has 8 heteroatoms. The predicted molar refractivity (Wildman–Crippen MR) is 105 cm³/mol. The molecule has 1 saturated heterocycles. The zero-order valence-electron chi connectivity index (χ0n) is 14.8. The lowest BCUT2D eigenvalue weighted by Crippen LogP contribution is -2.47. The normalized spacial score (nSPS) is 18.4. The summed E-state index contributed by atoms with van der Waals surface area (Å²) >= 11 is 1.43. The van der Waals surface area contributed by atoms with Gasteiger partial charge in [-0.05, 0) is 24.8 Å². The quantitative estimate of drug-likeness (QED) is 0.731. The Morgan fingerprint density at radius 1 is 1.11 bits per heavy atom. The summed E-state index contributed by atoms with van der Waals surface area (Å²) in [4.78, 5) is 11.8. The highest BCUT2D eigenvalue weighted by Crippen LogP contribution is 2.42. The zero-order chi connectivity index (χ0) is 18.3. The molecule has 138 valence electrons. The molecule has 5 rings (SSSR count). The van der Waals surface area contributed by atoms with E-state index in [0.29, 0.717) is 11.7 Å². The van der Waals surface area contributed by atoms with E-state index in [1.807, 2.05) is 36.5 Å². The topological polar surface area (TPSA) is 90.0 Å². The van der Waals surface area contributed by atoms with E-state index in [4.69, 9.17) is 15.5 Å². The molecule has 1 fully saturated rings. The number of hydrogen-bond donors (Lipinski definition) is 1. The maximum Gasteiger partial charge on any atom is 0.209 e. The van der Waals surface area contributed by atoms with Crippen LogP contribution < -0.4 is 10.6 Å². The zero-order valence-corrected chi connectivity index (χ0v) is 15.7. The summed E-state index contributed by atoms with van der Waals surface area (Å²) < 4.78 is 6.34. The molecule has 1 aromatic carbocycles. The number of anilines is 2. The van der Waals surface area contributed by atoms with E-state index in [1.165, 1.54) is 16.9 Å². The van der Waals surface area contributed by atoms with Crippen molar-refractivity contribution in [3.63, 3.8) is 0 Å². The number of ether oxygens (including phenoxy) is 1. The number of hydrogen-bond acceptors (Lipinski definition) is 8. The van der Waals surface area contributed by atoms with Crippen LogP contribution in [0.15, 0.2) is 36.5 Å². The minimum absolute atomic E-state index is 0.340. The molecule has 2 aromatic heterocycles. The molecule has 2 N–H and O–H groups in total. The molecule has 27 heavy (non-hydrogen) atoms. The van der Waals surface area contributed by atoms with Crippen molar-refractivity contribution in [1.29, 1.82) is 0 Å². The molecule has 1 spiro atoms. The Hall–Kier alpha value is -2.58. The first kappa shape index (κ1) is 16.6. The minimum atomic E-state index is -0.340. The van der Waals surface area contributed by atoms with E-state index >= 15 is 0 Å². The van der Waals surface area contributed by atoms with Crippen molar-refractivity contribution in [2.45, 2.75) is 24.9 Å². The predicted octanol–water partition coefficient (Wildman–Crippen LogP) is 2.65. The summed E-state index contributed by atoms with van der Waals surface area (Å²) in [5.74, 6) is 0.763. The van der Waals surface area contributed by atoms with Crippen molar-refractivity contribution in [3.8, 4) is 11.4 Å². The Bertz CT molecular complexity index is 952. The van der Waals surface area contributed by atoms with Crippen LogP contribution in [0.4, 0.5) is 10.3 Å². The fraction of sp³-hybridized carbons (Fsp3) is 0.368. The third-order valence-corrected chi connectivity index (χ3v) is 6.16. The van der Waals surface area contributed by atoms with Gasteiger partial charge in [-0.3, -0.25) is 0 Å². The maximum absolute atomic E-state index is 6.34. The molecule has 0 unspecified atom stereocenters. The van der Waals surface area contributed by atoms with Crippen LogP contribution in [-0.2, 0) is 16.8 Å². The van der Waals surface area contributed by atoms with Crippen LogP contribution in [0, 0.1) is 0 Å². The first-order valence-corrected chi connectivity index (χ1v) is 9.95. The molecular formula is C19H20N6OS. The Morgan fingerprint density at radius 2 is 1.93 bits per heavy atom. The molecule has 0 atom stereocenters. The molecule has 7 nitrogen and oxygen atoms in total. The van der Waals surface area contributed by atoms with Gasteiger partial charge in [0.1, 0.15) is 5.60 Å². The summed E-state index contributed by atoms with van der Waals surface area (Å²) in [6.07, 6.45) is 4.57. The van der Waals surface area contributed by atoms with Gasteiger partial charge in [-0.15, -0.1) is 10.2 Å². The SMILES string of the molecule is Nc1nnc(N2CCC3(CC2)OCCc2cnc(-c4ccccc4)nc23)s1. The summed E-state index contributed by atoms with van der Waals surface area (Å²) in [6.45, 7) is 2.41. The second-order valence-corrected chi connectivity index (χ2v) is 7.92. The summed E-state index contributed by atoms with van der Waals surface area (Å²) in [5.41, 5.74) is 8.68. The number of piperidine rings is 1. The molecule has 0 saturated carbocycles.